The van der Waals surface area contributed by atoms with Crippen LogP contribution in [0.1, 0.15) is 26.3 Å². The van der Waals surface area contributed by atoms with Gasteiger partial charge in [0.2, 0.25) is 0 Å². The lowest BCUT2D eigenvalue weighted by molar-refractivity contribution is 0.588. The van der Waals surface area contributed by atoms with Gasteiger partial charge in [-0.25, -0.2) is 4.98 Å². The van der Waals surface area contributed by atoms with Crippen molar-refractivity contribution < 1.29 is 0 Å². The third kappa shape index (κ3) is 2.42. The Morgan fingerprint density at radius 1 is 0.917 bits per heavy atom. The molecule has 3 aromatic heterocycles. The SMILES string of the molecule is CC(C)(C)c1ccnc(-n2c3cnccc3c3ccc(Br)cc32)c1. The van der Waals surface area contributed by atoms with Gasteiger partial charge in [-0.3, -0.25) is 9.55 Å². The fourth-order valence-corrected chi connectivity index (χ4v) is 3.44. The summed E-state index contributed by atoms with van der Waals surface area (Å²) in [4.78, 5) is 8.97. The van der Waals surface area contributed by atoms with Gasteiger partial charge in [-0.1, -0.05) is 42.8 Å². The maximum absolute atomic E-state index is 4.65. The van der Waals surface area contributed by atoms with Crippen LogP contribution in [0.3, 0.4) is 0 Å². The van der Waals surface area contributed by atoms with E-state index in [0.717, 1.165) is 21.3 Å². The molecule has 0 saturated carbocycles. The highest BCUT2D eigenvalue weighted by atomic mass is 79.9. The first-order chi connectivity index (χ1) is 11.4. The molecular formula is C20H18BrN3. The molecule has 24 heavy (non-hydrogen) atoms. The number of fused-ring (bicyclic) bond motifs is 3. The number of benzene rings is 1. The fourth-order valence-electron chi connectivity index (χ4n) is 3.09. The Labute approximate surface area is 149 Å². The lowest BCUT2D eigenvalue weighted by Crippen LogP contribution is -2.12. The molecule has 0 bridgehead atoms. The number of hydrogen-bond donors (Lipinski definition) is 0. The van der Waals surface area contributed by atoms with Gasteiger partial charge in [-0.15, -0.1) is 0 Å². The summed E-state index contributed by atoms with van der Waals surface area (Å²) < 4.78 is 3.25. The van der Waals surface area contributed by atoms with E-state index in [1.165, 1.54) is 16.3 Å². The van der Waals surface area contributed by atoms with Gasteiger partial charge in [0.15, 0.2) is 0 Å². The van der Waals surface area contributed by atoms with Crippen molar-refractivity contribution in [3.05, 3.63) is 65.0 Å². The summed E-state index contributed by atoms with van der Waals surface area (Å²) in [6, 6.07) is 12.7. The zero-order valence-electron chi connectivity index (χ0n) is 13.9. The Bertz CT molecular complexity index is 1060. The second-order valence-electron chi connectivity index (χ2n) is 7.04. The number of pyridine rings is 2. The first-order valence-electron chi connectivity index (χ1n) is 7.96. The molecule has 0 aliphatic rings. The highest BCUT2D eigenvalue weighted by molar-refractivity contribution is 9.10. The van der Waals surface area contributed by atoms with Gasteiger partial charge in [0.25, 0.3) is 0 Å². The van der Waals surface area contributed by atoms with Gasteiger partial charge in [0.05, 0.1) is 17.2 Å². The van der Waals surface area contributed by atoms with Gasteiger partial charge in [0, 0.05) is 27.6 Å². The van der Waals surface area contributed by atoms with Crippen molar-refractivity contribution >= 4 is 37.7 Å². The molecule has 0 saturated heterocycles. The second-order valence-corrected chi connectivity index (χ2v) is 7.96. The zero-order valence-corrected chi connectivity index (χ0v) is 15.5. The molecule has 4 rings (SSSR count). The molecule has 4 aromatic rings. The summed E-state index contributed by atoms with van der Waals surface area (Å²) in [5.41, 5.74) is 3.55. The third-order valence-corrected chi connectivity index (χ3v) is 4.87. The fraction of sp³-hybridized carbons (Fsp3) is 0.200. The molecule has 4 heteroatoms. The minimum atomic E-state index is 0.0787. The van der Waals surface area contributed by atoms with E-state index in [1.54, 1.807) is 0 Å². The van der Waals surface area contributed by atoms with E-state index in [-0.39, 0.29) is 5.41 Å². The van der Waals surface area contributed by atoms with Crippen LogP contribution in [0.15, 0.2) is 59.5 Å². The normalized spacial score (nSPS) is 12.2. The lowest BCUT2D eigenvalue weighted by atomic mass is 9.88. The van der Waals surface area contributed by atoms with Crippen molar-refractivity contribution in [2.24, 2.45) is 0 Å². The molecule has 120 valence electrons. The minimum absolute atomic E-state index is 0.0787. The van der Waals surface area contributed by atoms with E-state index in [9.17, 15) is 0 Å². The first kappa shape index (κ1) is 15.3. The van der Waals surface area contributed by atoms with Crippen molar-refractivity contribution in [3.63, 3.8) is 0 Å². The summed E-state index contributed by atoms with van der Waals surface area (Å²) in [6.45, 7) is 6.66. The summed E-state index contributed by atoms with van der Waals surface area (Å²) in [5.74, 6) is 0.925. The van der Waals surface area contributed by atoms with Crippen LogP contribution in [0.4, 0.5) is 0 Å². The molecule has 3 nitrogen and oxygen atoms in total. The van der Waals surface area contributed by atoms with Crippen LogP contribution in [-0.2, 0) is 5.41 Å². The molecule has 0 N–H and O–H groups in total. The lowest BCUT2D eigenvalue weighted by Gasteiger charge is -2.19. The number of rotatable bonds is 1. The predicted molar refractivity (Wildman–Crippen MR) is 103 cm³/mol. The van der Waals surface area contributed by atoms with Gasteiger partial charge in [0.1, 0.15) is 5.82 Å². The average molecular weight is 380 g/mol. The molecule has 0 atom stereocenters. The highest BCUT2D eigenvalue weighted by Crippen LogP contribution is 2.33. The summed E-state index contributed by atoms with van der Waals surface area (Å²) >= 11 is 3.59. The van der Waals surface area contributed by atoms with Crippen LogP contribution < -0.4 is 0 Å². The Morgan fingerprint density at radius 3 is 2.50 bits per heavy atom. The van der Waals surface area contributed by atoms with Crippen LogP contribution in [0, 0.1) is 0 Å². The molecule has 0 amide bonds. The quantitative estimate of drug-likeness (QED) is 0.428. The van der Waals surface area contributed by atoms with Gasteiger partial charge in [-0.05, 0) is 41.3 Å². The van der Waals surface area contributed by atoms with Crippen LogP contribution in [0.25, 0.3) is 27.6 Å². The summed E-state index contributed by atoms with van der Waals surface area (Å²) in [7, 11) is 0. The predicted octanol–water partition coefficient (Wildman–Crippen LogP) is 5.63. The summed E-state index contributed by atoms with van der Waals surface area (Å²) in [6.07, 6.45) is 5.64. The molecule has 0 fully saturated rings. The van der Waals surface area contributed by atoms with E-state index in [0.29, 0.717) is 0 Å². The third-order valence-electron chi connectivity index (χ3n) is 4.37. The second kappa shape index (κ2) is 5.42. The number of aromatic nitrogens is 3. The summed E-state index contributed by atoms with van der Waals surface area (Å²) in [5, 5.41) is 2.40. The standard InChI is InChI=1S/C20H18BrN3/c1-20(2,3)13-6-9-23-19(10-13)24-17-11-14(21)4-5-15(17)16-7-8-22-12-18(16)24/h4-12H,1-3H3. The Hall–Kier alpha value is -2.20. The Balaban J connectivity index is 2.10. The monoisotopic (exact) mass is 379 g/mol. The van der Waals surface area contributed by atoms with Crippen molar-refractivity contribution in [1.29, 1.82) is 0 Å². The van der Waals surface area contributed by atoms with Gasteiger partial charge in [-0.2, -0.15) is 0 Å². The van der Waals surface area contributed by atoms with Crippen molar-refractivity contribution in [2.75, 3.05) is 0 Å². The largest absolute Gasteiger partial charge is 0.292 e. The number of nitrogens with zero attached hydrogens (tertiary/aromatic N) is 3. The van der Waals surface area contributed by atoms with Crippen molar-refractivity contribution in [1.82, 2.24) is 14.5 Å². The zero-order chi connectivity index (χ0) is 16.9. The molecule has 1 aromatic carbocycles. The smallest absolute Gasteiger partial charge is 0.137 e. The maximum Gasteiger partial charge on any atom is 0.137 e. The molecule has 3 heterocycles. The maximum atomic E-state index is 4.65. The minimum Gasteiger partial charge on any atom is -0.292 e. The molecule has 0 unspecified atom stereocenters. The van der Waals surface area contributed by atoms with E-state index in [1.807, 2.05) is 18.6 Å². The van der Waals surface area contributed by atoms with Crippen LogP contribution in [-0.4, -0.2) is 14.5 Å². The number of hydrogen-bond acceptors (Lipinski definition) is 2. The Morgan fingerprint density at radius 2 is 1.71 bits per heavy atom. The van der Waals surface area contributed by atoms with Crippen LogP contribution >= 0.6 is 15.9 Å². The first-order valence-corrected chi connectivity index (χ1v) is 8.75. The van der Waals surface area contributed by atoms with Crippen molar-refractivity contribution in [2.45, 2.75) is 26.2 Å². The molecule has 0 aliphatic heterocycles. The topological polar surface area (TPSA) is 30.7 Å². The number of halogens is 1. The molecule has 0 aliphatic carbocycles. The molecule has 0 spiro atoms. The highest BCUT2D eigenvalue weighted by Gasteiger charge is 2.17. The molecule has 0 radical (unpaired) electrons. The Kier molecular flexibility index (Phi) is 3.46. The van der Waals surface area contributed by atoms with Crippen molar-refractivity contribution in [3.8, 4) is 5.82 Å². The van der Waals surface area contributed by atoms with Gasteiger partial charge < -0.3 is 0 Å². The van der Waals surface area contributed by atoms with E-state index < -0.39 is 0 Å². The van der Waals surface area contributed by atoms with Crippen LogP contribution in [0.5, 0.6) is 0 Å². The van der Waals surface area contributed by atoms with E-state index >= 15 is 0 Å². The average Bonchev–Trinajstić information content (AvgIpc) is 2.87. The van der Waals surface area contributed by atoms with E-state index in [2.05, 4.69) is 87.6 Å². The van der Waals surface area contributed by atoms with Crippen LogP contribution in [0.2, 0.25) is 0 Å². The van der Waals surface area contributed by atoms with E-state index in [4.69, 9.17) is 0 Å². The van der Waals surface area contributed by atoms with Gasteiger partial charge >= 0.3 is 0 Å². The molecular weight excluding hydrogens is 362 g/mol.